The molecule has 2 fully saturated rings. The van der Waals surface area contributed by atoms with E-state index in [2.05, 4.69) is 6.58 Å². The molecule has 0 saturated carbocycles. The molecule has 3 aliphatic rings. The number of carbonyl (C=O) groups is 2. The molecule has 0 aliphatic carbocycles. The quantitative estimate of drug-likeness (QED) is 0.427. The molecule has 3 heterocycles. The Kier molecular flexibility index (Phi) is 4.82. The summed E-state index contributed by atoms with van der Waals surface area (Å²) < 4.78 is 17.0. The first-order chi connectivity index (χ1) is 12.5. The van der Waals surface area contributed by atoms with Crippen molar-refractivity contribution in [3.63, 3.8) is 0 Å². The molecule has 0 aromatic heterocycles. The maximum absolute atomic E-state index is 12.4. The van der Waals surface area contributed by atoms with Crippen molar-refractivity contribution in [2.24, 2.45) is 5.92 Å². The second kappa shape index (κ2) is 6.58. The van der Waals surface area contributed by atoms with E-state index in [1.54, 1.807) is 39.8 Å². The van der Waals surface area contributed by atoms with Crippen LogP contribution in [0.4, 0.5) is 0 Å². The van der Waals surface area contributed by atoms with Gasteiger partial charge in [0.25, 0.3) is 0 Å². The molecule has 6 atom stereocenters. The second-order valence-electron chi connectivity index (χ2n) is 7.86. The van der Waals surface area contributed by atoms with E-state index in [0.29, 0.717) is 11.1 Å². The summed E-state index contributed by atoms with van der Waals surface area (Å²) in [6, 6.07) is 0. The van der Waals surface area contributed by atoms with Crippen LogP contribution in [0.15, 0.2) is 35.5 Å². The number of esters is 2. The molecule has 0 aromatic carbocycles. The van der Waals surface area contributed by atoms with Crippen LogP contribution >= 0.6 is 0 Å². The highest BCUT2D eigenvalue weighted by atomic mass is 16.7. The summed E-state index contributed by atoms with van der Waals surface area (Å²) in [5.74, 6) is -3.55. The highest BCUT2D eigenvalue weighted by molar-refractivity contribution is 5.92. The van der Waals surface area contributed by atoms with Gasteiger partial charge in [0.2, 0.25) is 5.79 Å². The van der Waals surface area contributed by atoms with E-state index < -0.39 is 47.6 Å². The van der Waals surface area contributed by atoms with Crippen molar-refractivity contribution in [3.8, 4) is 0 Å². The van der Waals surface area contributed by atoms with Crippen LogP contribution in [0, 0.1) is 5.92 Å². The van der Waals surface area contributed by atoms with Crippen molar-refractivity contribution < 1.29 is 34.0 Å². The minimum atomic E-state index is -1.88. The van der Waals surface area contributed by atoms with Crippen molar-refractivity contribution in [1.29, 1.82) is 0 Å². The largest absolute Gasteiger partial charge is 0.458 e. The summed E-state index contributed by atoms with van der Waals surface area (Å²) in [5, 5.41) is 21.3. The molecule has 27 heavy (non-hydrogen) atoms. The third-order valence-corrected chi connectivity index (χ3v) is 5.77. The van der Waals surface area contributed by atoms with Crippen LogP contribution in [0.1, 0.15) is 40.5 Å². The van der Waals surface area contributed by atoms with Crippen LogP contribution in [0.25, 0.3) is 0 Å². The fourth-order valence-electron chi connectivity index (χ4n) is 4.06. The number of rotatable bonds is 2. The summed E-state index contributed by atoms with van der Waals surface area (Å²) >= 11 is 0. The Morgan fingerprint density at radius 2 is 2.11 bits per heavy atom. The van der Waals surface area contributed by atoms with E-state index in [4.69, 9.17) is 14.2 Å². The normalized spacial score (nSPS) is 41.9. The summed E-state index contributed by atoms with van der Waals surface area (Å²) in [5.41, 5.74) is 0.0310. The molecule has 148 valence electrons. The SMILES string of the molecule is C=C1C(=O)O[C@@H]2C=C(C)[C@]3(O)O[C@](C)(C[C@@H](OC(=O)/C(C)=C/C)[C@@H]12)C[C@@H]3O. The standard InChI is InChI=1S/C20H26O7/c1-6-10(2)17(22)26-14-8-19(5)9-15(21)20(24,27-19)11(3)7-13-16(14)12(4)18(23)25-13/h6-7,13-16,21,24H,4,8-9H2,1-3,5H3/b10-6+,11-7?/t13-,14-,15+,16+,19-,20+/m1/s1. The maximum atomic E-state index is 12.4. The molecule has 0 aromatic rings. The smallest absolute Gasteiger partial charge is 0.334 e. The predicted molar refractivity (Wildman–Crippen MR) is 95.3 cm³/mol. The van der Waals surface area contributed by atoms with Crippen LogP contribution in [0.2, 0.25) is 0 Å². The van der Waals surface area contributed by atoms with E-state index in [-0.39, 0.29) is 18.4 Å². The molecule has 2 saturated heterocycles. The molecule has 0 unspecified atom stereocenters. The second-order valence-corrected chi connectivity index (χ2v) is 7.86. The van der Waals surface area contributed by atoms with E-state index in [0.717, 1.165) is 0 Å². The lowest BCUT2D eigenvalue weighted by atomic mass is 9.81. The third-order valence-electron chi connectivity index (χ3n) is 5.77. The van der Waals surface area contributed by atoms with Crippen molar-refractivity contribution in [1.82, 2.24) is 0 Å². The zero-order valence-electron chi connectivity index (χ0n) is 16.0. The minimum Gasteiger partial charge on any atom is -0.458 e. The molecule has 0 amide bonds. The monoisotopic (exact) mass is 378 g/mol. The lowest BCUT2D eigenvalue weighted by Gasteiger charge is -2.33. The van der Waals surface area contributed by atoms with Gasteiger partial charge in [-0.1, -0.05) is 12.7 Å². The van der Waals surface area contributed by atoms with Crippen LogP contribution in [0.5, 0.6) is 0 Å². The number of fused-ring (bicyclic) bond motifs is 3. The first kappa shape index (κ1) is 19.8. The van der Waals surface area contributed by atoms with Gasteiger partial charge in [0.1, 0.15) is 18.3 Å². The van der Waals surface area contributed by atoms with Gasteiger partial charge in [0.05, 0.1) is 11.5 Å². The van der Waals surface area contributed by atoms with Crippen LogP contribution in [-0.4, -0.2) is 51.9 Å². The molecular formula is C20H26O7. The number of allylic oxidation sites excluding steroid dienone is 1. The van der Waals surface area contributed by atoms with Gasteiger partial charge in [-0.3, -0.25) is 0 Å². The topological polar surface area (TPSA) is 102 Å². The van der Waals surface area contributed by atoms with Gasteiger partial charge < -0.3 is 24.4 Å². The Hall–Kier alpha value is -1.96. The molecule has 3 aliphatic heterocycles. The fourth-order valence-corrected chi connectivity index (χ4v) is 4.06. The molecule has 3 rings (SSSR count). The number of carbonyl (C=O) groups excluding carboxylic acids is 2. The number of aliphatic hydroxyl groups is 2. The van der Waals surface area contributed by atoms with Gasteiger partial charge in [0.15, 0.2) is 0 Å². The highest BCUT2D eigenvalue weighted by Crippen LogP contribution is 2.48. The average molecular weight is 378 g/mol. The fraction of sp³-hybridized carbons (Fsp3) is 0.600. The Balaban J connectivity index is 2.06. The lowest BCUT2D eigenvalue weighted by Crippen LogP contribution is -2.41. The van der Waals surface area contributed by atoms with Gasteiger partial charge in [-0.25, -0.2) is 9.59 Å². The average Bonchev–Trinajstić information content (AvgIpc) is 2.99. The zero-order chi connectivity index (χ0) is 20.1. The van der Waals surface area contributed by atoms with E-state index in [1.165, 1.54) is 0 Å². The zero-order valence-corrected chi connectivity index (χ0v) is 16.0. The van der Waals surface area contributed by atoms with Crippen molar-refractivity contribution >= 4 is 11.9 Å². The van der Waals surface area contributed by atoms with Crippen molar-refractivity contribution in [2.75, 3.05) is 0 Å². The molecule has 0 radical (unpaired) electrons. The number of hydrogen-bond donors (Lipinski definition) is 2. The molecule has 2 bridgehead atoms. The molecule has 7 heteroatoms. The van der Waals surface area contributed by atoms with Crippen molar-refractivity contribution in [2.45, 2.75) is 70.2 Å². The van der Waals surface area contributed by atoms with Gasteiger partial charge in [0, 0.05) is 24.0 Å². The Bertz CT molecular complexity index is 751. The highest BCUT2D eigenvalue weighted by Gasteiger charge is 2.58. The van der Waals surface area contributed by atoms with Gasteiger partial charge in [-0.05, 0) is 39.3 Å². The van der Waals surface area contributed by atoms with E-state index in [9.17, 15) is 19.8 Å². The number of ether oxygens (including phenoxy) is 3. The molecule has 7 nitrogen and oxygen atoms in total. The van der Waals surface area contributed by atoms with Crippen LogP contribution in [0.3, 0.4) is 0 Å². The Morgan fingerprint density at radius 3 is 2.74 bits per heavy atom. The number of hydrogen-bond acceptors (Lipinski definition) is 7. The van der Waals surface area contributed by atoms with Gasteiger partial charge in [-0.2, -0.15) is 0 Å². The van der Waals surface area contributed by atoms with Gasteiger partial charge >= 0.3 is 11.9 Å². The summed E-state index contributed by atoms with van der Waals surface area (Å²) in [4.78, 5) is 24.5. The van der Waals surface area contributed by atoms with E-state index >= 15 is 0 Å². The third kappa shape index (κ3) is 3.24. The Labute approximate surface area is 158 Å². The van der Waals surface area contributed by atoms with Crippen molar-refractivity contribution in [3.05, 3.63) is 35.5 Å². The molecule has 2 N–H and O–H groups in total. The first-order valence-electron chi connectivity index (χ1n) is 9.04. The number of aliphatic hydroxyl groups excluding tert-OH is 1. The summed E-state index contributed by atoms with van der Waals surface area (Å²) in [7, 11) is 0. The lowest BCUT2D eigenvalue weighted by molar-refractivity contribution is -0.225. The minimum absolute atomic E-state index is 0.157. The first-order valence-corrected chi connectivity index (χ1v) is 9.04. The Morgan fingerprint density at radius 1 is 1.44 bits per heavy atom. The van der Waals surface area contributed by atoms with Crippen LogP contribution < -0.4 is 0 Å². The summed E-state index contributed by atoms with van der Waals surface area (Å²) in [6.07, 6.45) is 0.834. The summed E-state index contributed by atoms with van der Waals surface area (Å²) in [6.45, 7) is 10.5. The van der Waals surface area contributed by atoms with Gasteiger partial charge in [-0.15, -0.1) is 0 Å². The maximum Gasteiger partial charge on any atom is 0.334 e. The van der Waals surface area contributed by atoms with E-state index in [1.807, 2.05) is 0 Å². The molecule has 0 spiro atoms. The molecular weight excluding hydrogens is 352 g/mol. The van der Waals surface area contributed by atoms with Crippen LogP contribution in [-0.2, 0) is 23.8 Å². The predicted octanol–water partition coefficient (Wildman–Crippen LogP) is 1.54.